The van der Waals surface area contributed by atoms with Gasteiger partial charge < -0.3 is 10.1 Å². The lowest BCUT2D eigenvalue weighted by Gasteiger charge is -2.16. The van der Waals surface area contributed by atoms with Gasteiger partial charge in [0.1, 0.15) is 12.1 Å². The van der Waals surface area contributed by atoms with E-state index in [4.69, 9.17) is 4.74 Å². The predicted molar refractivity (Wildman–Crippen MR) is 65.9 cm³/mol. The molecule has 1 unspecified atom stereocenters. The highest BCUT2D eigenvalue weighted by molar-refractivity contribution is 5.29. The molecule has 0 aliphatic heterocycles. The first-order valence-corrected chi connectivity index (χ1v) is 5.53. The third-order valence-corrected chi connectivity index (χ3v) is 2.64. The van der Waals surface area contributed by atoms with Crippen LogP contribution in [0.4, 0.5) is 4.39 Å². The number of benzene rings is 1. The number of hydrogen-bond donors (Lipinski definition) is 1. The van der Waals surface area contributed by atoms with Crippen molar-refractivity contribution in [3.63, 3.8) is 0 Å². The van der Waals surface area contributed by atoms with E-state index in [-0.39, 0.29) is 11.9 Å². The highest BCUT2D eigenvalue weighted by Gasteiger charge is 2.14. The van der Waals surface area contributed by atoms with Crippen molar-refractivity contribution in [2.75, 3.05) is 14.2 Å². The van der Waals surface area contributed by atoms with E-state index in [1.807, 2.05) is 6.07 Å². The predicted octanol–water partition coefficient (Wildman–Crippen LogP) is 1.93. The van der Waals surface area contributed by atoms with Gasteiger partial charge in [-0.25, -0.2) is 14.4 Å². The lowest BCUT2D eigenvalue weighted by molar-refractivity contribution is 0.395. The van der Waals surface area contributed by atoms with Gasteiger partial charge in [0, 0.05) is 6.07 Å². The van der Waals surface area contributed by atoms with E-state index in [0.29, 0.717) is 5.88 Å². The molecule has 0 saturated heterocycles. The molecule has 0 saturated carbocycles. The molecule has 2 rings (SSSR count). The lowest BCUT2D eigenvalue weighted by atomic mass is 10.0. The van der Waals surface area contributed by atoms with Gasteiger partial charge in [-0.2, -0.15) is 0 Å². The second kappa shape index (κ2) is 5.55. The first-order valence-electron chi connectivity index (χ1n) is 5.53. The van der Waals surface area contributed by atoms with Crippen molar-refractivity contribution in [3.05, 3.63) is 53.7 Å². The van der Waals surface area contributed by atoms with Crippen LogP contribution >= 0.6 is 0 Å². The van der Waals surface area contributed by atoms with Crippen molar-refractivity contribution in [2.24, 2.45) is 0 Å². The number of ether oxygens (including phenoxy) is 1. The van der Waals surface area contributed by atoms with Crippen LogP contribution in [0.2, 0.25) is 0 Å². The number of nitrogens with one attached hydrogen (secondary N) is 1. The molecule has 1 aromatic carbocycles. The van der Waals surface area contributed by atoms with Gasteiger partial charge in [0.2, 0.25) is 5.88 Å². The molecule has 1 aromatic heterocycles. The van der Waals surface area contributed by atoms with Crippen molar-refractivity contribution in [2.45, 2.75) is 6.04 Å². The van der Waals surface area contributed by atoms with Crippen LogP contribution in [0, 0.1) is 5.82 Å². The molecule has 0 bridgehead atoms. The van der Waals surface area contributed by atoms with E-state index in [1.54, 1.807) is 26.3 Å². The normalized spacial score (nSPS) is 12.2. The Morgan fingerprint density at radius 1 is 1.28 bits per heavy atom. The molecule has 0 spiro atoms. The van der Waals surface area contributed by atoms with Gasteiger partial charge in [-0.3, -0.25) is 0 Å². The molecule has 1 N–H and O–H groups in total. The molecule has 1 atom stereocenters. The van der Waals surface area contributed by atoms with Gasteiger partial charge in [0.05, 0.1) is 18.8 Å². The fraction of sp³-hybridized carbons (Fsp3) is 0.231. The molecule has 4 nitrogen and oxygen atoms in total. The SMILES string of the molecule is CNC(c1cccc(F)c1)c1cc(OC)ncn1. The van der Waals surface area contributed by atoms with Crippen molar-refractivity contribution in [3.8, 4) is 5.88 Å². The Labute approximate surface area is 105 Å². The number of nitrogens with zero attached hydrogens (tertiary/aromatic N) is 2. The van der Waals surface area contributed by atoms with Crippen molar-refractivity contribution in [1.29, 1.82) is 0 Å². The summed E-state index contributed by atoms with van der Waals surface area (Å²) in [5, 5.41) is 3.10. The maximum Gasteiger partial charge on any atom is 0.216 e. The third kappa shape index (κ3) is 2.62. The van der Waals surface area contributed by atoms with Gasteiger partial charge in [-0.15, -0.1) is 0 Å². The molecule has 1 heterocycles. The maximum atomic E-state index is 13.2. The maximum absolute atomic E-state index is 13.2. The molecule has 0 aliphatic carbocycles. The molecular formula is C13H14FN3O. The van der Waals surface area contributed by atoms with E-state index in [2.05, 4.69) is 15.3 Å². The van der Waals surface area contributed by atoms with E-state index < -0.39 is 0 Å². The molecule has 0 amide bonds. The van der Waals surface area contributed by atoms with Gasteiger partial charge in [0.15, 0.2) is 0 Å². The number of hydrogen-bond acceptors (Lipinski definition) is 4. The summed E-state index contributed by atoms with van der Waals surface area (Å²) < 4.78 is 18.3. The number of aromatic nitrogens is 2. The molecule has 2 aromatic rings. The van der Waals surface area contributed by atoms with Crippen LogP contribution in [0.25, 0.3) is 0 Å². The van der Waals surface area contributed by atoms with Crippen LogP contribution in [-0.4, -0.2) is 24.1 Å². The summed E-state index contributed by atoms with van der Waals surface area (Å²) in [6.45, 7) is 0. The fourth-order valence-corrected chi connectivity index (χ4v) is 1.79. The monoisotopic (exact) mass is 247 g/mol. The van der Waals surface area contributed by atoms with E-state index in [1.165, 1.54) is 18.5 Å². The van der Waals surface area contributed by atoms with Gasteiger partial charge >= 0.3 is 0 Å². The van der Waals surface area contributed by atoms with Crippen molar-refractivity contribution in [1.82, 2.24) is 15.3 Å². The molecule has 5 heteroatoms. The standard InChI is InChI=1S/C13H14FN3O/c1-15-13(9-4-3-5-10(14)6-9)11-7-12(18-2)17-8-16-11/h3-8,13,15H,1-2H3. The lowest BCUT2D eigenvalue weighted by Crippen LogP contribution is -2.19. The van der Waals surface area contributed by atoms with Gasteiger partial charge in [0.25, 0.3) is 0 Å². The van der Waals surface area contributed by atoms with Crippen LogP contribution < -0.4 is 10.1 Å². The quantitative estimate of drug-likeness (QED) is 0.896. The molecule has 18 heavy (non-hydrogen) atoms. The van der Waals surface area contributed by atoms with Crippen LogP contribution in [0.5, 0.6) is 5.88 Å². The average Bonchev–Trinajstić information content (AvgIpc) is 2.40. The summed E-state index contributed by atoms with van der Waals surface area (Å²) in [7, 11) is 3.34. The first kappa shape index (κ1) is 12.4. The summed E-state index contributed by atoms with van der Waals surface area (Å²) in [5.74, 6) is 0.213. The minimum absolute atomic E-state index is 0.197. The van der Waals surface area contributed by atoms with Crippen LogP contribution in [0.15, 0.2) is 36.7 Å². The average molecular weight is 247 g/mol. The summed E-state index contributed by atoms with van der Waals surface area (Å²) in [6, 6.07) is 7.95. The van der Waals surface area contributed by atoms with E-state index >= 15 is 0 Å². The largest absolute Gasteiger partial charge is 0.481 e. The van der Waals surface area contributed by atoms with Crippen LogP contribution in [0.1, 0.15) is 17.3 Å². The zero-order chi connectivity index (χ0) is 13.0. The van der Waals surface area contributed by atoms with E-state index in [0.717, 1.165) is 11.3 Å². The smallest absolute Gasteiger partial charge is 0.216 e. The molecule has 0 aliphatic rings. The van der Waals surface area contributed by atoms with Crippen LogP contribution in [-0.2, 0) is 0 Å². The number of halogens is 1. The highest BCUT2D eigenvalue weighted by Crippen LogP contribution is 2.22. The summed E-state index contributed by atoms with van der Waals surface area (Å²) in [6.07, 6.45) is 1.43. The Morgan fingerprint density at radius 3 is 2.78 bits per heavy atom. The Hall–Kier alpha value is -2.01. The van der Waals surface area contributed by atoms with E-state index in [9.17, 15) is 4.39 Å². The zero-order valence-corrected chi connectivity index (χ0v) is 10.2. The zero-order valence-electron chi connectivity index (χ0n) is 10.2. The second-order valence-electron chi connectivity index (χ2n) is 3.76. The minimum atomic E-state index is -0.270. The summed E-state index contributed by atoms with van der Waals surface area (Å²) in [5.41, 5.74) is 1.54. The Morgan fingerprint density at radius 2 is 2.11 bits per heavy atom. The van der Waals surface area contributed by atoms with Crippen LogP contribution in [0.3, 0.4) is 0 Å². The summed E-state index contributed by atoms with van der Waals surface area (Å²) in [4.78, 5) is 8.14. The second-order valence-corrected chi connectivity index (χ2v) is 3.76. The highest BCUT2D eigenvalue weighted by atomic mass is 19.1. The van der Waals surface area contributed by atoms with Gasteiger partial charge in [-0.1, -0.05) is 12.1 Å². The number of rotatable bonds is 4. The van der Waals surface area contributed by atoms with Crippen molar-refractivity contribution < 1.29 is 9.13 Å². The summed E-state index contributed by atoms with van der Waals surface area (Å²) >= 11 is 0. The fourth-order valence-electron chi connectivity index (χ4n) is 1.79. The Bertz CT molecular complexity index is 533. The Balaban J connectivity index is 2.38. The third-order valence-electron chi connectivity index (χ3n) is 2.64. The molecule has 0 radical (unpaired) electrons. The minimum Gasteiger partial charge on any atom is -0.481 e. The van der Waals surface area contributed by atoms with Crippen molar-refractivity contribution >= 4 is 0 Å². The number of methoxy groups -OCH3 is 1. The molecular weight excluding hydrogens is 233 g/mol. The molecule has 0 fully saturated rings. The topological polar surface area (TPSA) is 47.0 Å². The van der Waals surface area contributed by atoms with Gasteiger partial charge in [-0.05, 0) is 24.7 Å². The molecule has 94 valence electrons. The Kier molecular flexibility index (Phi) is 3.84. The first-order chi connectivity index (χ1) is 8.74.